The number of carbonyl (C=O) groups is 1. The standard InChI is InChI=1S/C20H20N4O/c1-15-7-9-17(10-8-15)24-20(25)18-13-19(23-14-22-18)21-12-11-16-5-3-2-4-6-16/h2-10,13-14H,11-12H2,1H3,(H,24,25)(H,21,22,23). The maximum absolute atomic E-state index is 12.3. The van der Waals surface area contributed by atoms with E-state index < -0.39 is 0 Å². The van der Waals surface area contributed by atoms with Gasteiger partial charge in [0.05, 0.1) is 0 Å². The lowest BCUT2D eigenvalue weighted by atomic mass is 10.1. The Balaban J connectivity index is 1.58. The highest BCUT2D eigenvalue weighted by Gasteiger charge is 2.09. The number of amides is 1. The Morgan fingerprint density at radius 3 is 2.52 bits per heavy atom. The molecule has 0 saturated heterocycles. The molecular formula is C20H20N4O. The van der Waals surface area contributed by atoms with E-state index in [-0.39, 0.29) is 5.91 Å². The molecule has 0 aliphatic carbocycles. The number of hydrogen-bond donors (Lipinski definition) is 2. The van der Waals surface area contributed by atoms with Gasteiger partial charge in [0.2, 0.25) is 0 Å². The largest absolute Gasteiger partial charge is 0.370 e. The molecule has 1 amide bonds. The summed E-state index contributed by atoms with van der Waals surface area (Å²) in [5, 5.41) is 6.07. The second-order valence-electron chi connectivity index (χ2n) is 5.77. The molecule has 0 aliphatic heterocycles. The first-order valence-electron chi connectivity index (χ1n) is 8.18. The number of benzene rings is 2. The van der Waals surface area contributed by atoms with E-state index in [2.05, 4.69) is 32.7 Å². The minimum atomic E-state index is -0.252. The first kappa shape index (κ1) is 16.6. The smallest absolute Gasteiger partial charge is 0.274 e. The lowest BCUT2D eigenvalue weighted by Crippen LogP contribution is -2.15. The average Bonchev–Trinajstić information content (AvgIpc) is 2.65. The zero-order valence-electron chi connectivity index (χ0n) is 14.1. The Kier molecular flexibility index (Phi) is 5.36. The molecule has 0 unspecified atom stereocenters. The number of aryl methyl sites for hydroxylation is 1. The Labute approximate surface area is 147 Å². The van der Waals surface area contributed by atoms with Crippen LogP contribution in [0.2, 0.25) is 0 Å². The van der Waals surface area contributed by atoms with Gasteiger partial charge in [-0.05, 0) is 31.0 Å². The summed E-state index contributed by atoms with van der Waals surface area (Å²) in [6, 6.07) is 19.5. The van der Waals surface area contributed by atoms with Gasteiger partial charge < -0.3 is 10.6 Å². The molecule has 0 atom stereocenters. The van der Waals surface area contributed by atoms with Gasteiger partial charge in [-0.15, -0.1) is 0 Å². The van der Waals surface area contributed by atoms with Crippen LogP contribution in [0.15, 0.2) is 67.0 Å². The van der Waals surface area contributed by atoms with Gasteiger partial charge in [-0.3, -0.25) is 4.79 Å². The van der Waals surface area contributed by atoms with E-state index in [1.807, 2.05) is 49.4 Å². The van der Waals surface area contributed by atoms with Crippen LogP contribution >= 0.6 is 0 Å². The quantitative estimate of drug-likeness (QED) is 0.722. The van der Waals surface area contributed by atoms with Crippen molar-refractivity contribution in [2.75, 3.05) is 17.2 Å². The Hall–Kier alpha value is -3.21. The molecule has 5 heteroatoms. The predicted molar refractivity (Wildman–Crippen MR) is 99.8 cm³/mol. The number of hydrogen-bond acceptors (Lipinski definition) is 4. The molecule has 126 valence electrons. The molecule has 0 fully saturated rings. The fourth-order valence-corrected chi connectivity index (χ4v) is 2.39. The highest BCUT2D eigenvalue weighted by atomic mass is 16.1. The molecule has 0 radical (unpaired) electrons. The summed E-state index contributed by atoms with van der Waals surface area (Å²) in [4.78, 5) is 20.5. The summed E-state index contributed by atoms with van der Waals surface area (Å²) in [6.07, 6.45) is 2.28. The van der Waals surface area contributed by atoms with Gasteiger partial charge in [0, 0.05) is 18.3 Å². The van der Waals surface area contributed by atoms with E-state index in [1.165, 1.54) is 11.9 Å². The zero-order valence-corrected chi connectivity index (χ0v) is 14.1. The average molecular weight is 332 g/mol. The summed E-state index contributed by atoms with van der Waals surface area (Å²) in [5.41, 5.74) is 3.47. The fraction of sp³-hybridized carbons (Fsp3) is 0.150. The molecule has 2 aromatic carbocycles. The van der Waals surface area contributed by atoms with Gasteiger partial charge >= 0.3 is 0 Å². The highest BCUT2D eigenvalue weighted by molar-refractivity contribution is 6.03. The Bertz CT molecular complexity index is 832. The Morgan fingerprint density at radius 2 is 1.76 bits per heavy atom. The zero-order chi connectivity index (χ0) is 17.5. The minimum Gasteiger partial charge on any atom is -0.370 e. The predicted octanol–water partition coefficient (Wildman–Crippen LogP) is 3.69. The SMILES string of the molecule is Cc1ccc(NC(=O)c2cc(NCCc3ccccc3)ncn2)cc1. The molecule has 3 aromatic rings. The van der Waals surface area contributed by atoms with Crippen LogP contribution in [-0.2, 0) is 6.42 Å². The lowest BCUT2D eigenvalue weighted by Gasteiger charge is -2.08. The second-order valence-corrected chi connectivity index (χ2v) is 5.77. The third-order valence-corrected chi connectivity index (χ3v) is 3.77. The van der Waals surface area contributed by atoms with Gasteiger partial charge in [-0.25, -0.2) is 9.97 Å². The number of nitrogens with zero attached hydrogens (tertiary/aromatic N) is 2. The molecule has 1 heterocycles. The topological polar surface area (TPSA) is 66.9 Å². The Morgan fingerprint density at radius 1 is 1.00 bits per heavy atom. The molecular weight excluding hydrogens is 312 g/mol. The number of aromatic nitrogens is 2. The first-order chi connectivity index (χ1) is 12.2. The number of carbonyl (C=O) groups excluding carboxylic acids is 1. The number of anilines is 2. The van der Waals surface area contributed by atoms with Crippen molar-refractivity contribution in [1.82, 2.24) is 9.97 Å². The van der Waals surface area contributed by atoms with Crippen molar-refractivity contribution in [1.29, 1.82) is 0 Å². The normalized spacial score (nSPS) is 10.3. The lowest BCUT2D eigenvalue weighted by molar-refractivity contribution is 0.102. The van der Waals surface area contributed by atoms with E-state index in [0.717, 1.165) is 24.2 Å². The van der Waals surface area contributed by atoms with Crippen LogP contribution in [0, 0.1) is 6.92 Å². The molecule has 3 rings (SSSR count). The molecule has 0 bridgehead atoms. The van der Waals surface area contributed by atoms with Crippen molar-refractivity contribution in [2.45, 2.75) is 13.3 Å². The number of nitrogens with one attached hydrogen (secondary N) is 2. The summed E-state index contributed by atoms with van der Waals surface area (Å²) >= 11 is 0. The van der Waals surface area contributed by atoms with Crippen LogP contribution in [0.4, 0.5) is 11.5 Å². The van der Waals surface area contributed by atoms with E-state index in [9.17, 15) is 4.79 Å². The van der Waals surface area contributed by atoms with Crippen LogP contribution in [-0.4, -0.2) is 22.4 Å². The molecule has 0 spiro atoms. The van der Waals surface area contributed by atoms with Gasteiger partial charge in [0.25, 0.3) is 5.91 Å². The molecule has 0 aliphatic rings. The van der Waals surface area contributed by atoms with E-state index in [0.29, 0.717) is 11.5 Å². The van der Waals surface area contributed by atoms with Crippen LogP contribution < -0.4 is 10.6 Å². The van der Waals surface area contributed by atoms with Gasteiger partial charge in [-0.2, -0.15) is 0 Å². The van der Waals surface area contributed by atoms with Gasteiger partial charge in [-0.1, -0.05) is 48.0 Å². The van der Waals surface area contributed by atoms with Crippen molar-refractivity contribution in [3.8, 4) is 0 Å². The monoisotopic (exact) mass is 332 g/mol. The van der Waals surface area contributed by atoms with Gasteiger partial charge in [0.1, 0.15) is 17.8 Å². The highest BCUT2D eigenvalue weighted by Crippen LogP contribution is 2.11. The number of rotatable bonds is 6. The minimum absolute atomic E-state index is 0.252. The van der Waals surface area contributed by atoms with Crippen molar-refractivity contribution in [3.63, 3.8) is 0 Å². The maximum Gasteiger partial charge on any atom is 0.274 e. The summed E-state index contributed by atoms with van der Waals surface area (Å²) < 4.78 is 0. The van der Waals surface area contributed by atoms with Crippen LogP contribution in [0.3, 0.4) is 0 Å². The maximum atomic E-state index is 12.3. The van der Waals surface area contributed by atoms with Crippen molar-refractivity contribution >= 4 is 17.4 Å². The van der Waals surface area contributed by atoms with Crippen molar-refractivity contribution < 1.29 is 4.79 Å². The van der Waals surface area contributed by atoms with Crippen LogP contribution in [0.1, 0.15) is 21.6 Å². The summed E-state index contributed by atoms with van der Waals surface area (Å²) in [6.45, 7) is 2.74. The second kappa shape index (κ2) is 8.06. The molecule has 25 heavy (non-hydrogen) atoms. The van der Waals surface area contributed by atoms with Crippen LogP contribution in [0.25, 0.3) is 0 Å². The third kappa shape index (κ3) is 4.88. The van der Waals surface area contributed by atoms with E-state index >= 15 is 0 Å². The van der Waals surface area contributed by atoms with E-state index in [1.54, 1.807) is 6.07 Å². The van der Waals surface area contributed by atoms with Crippen molar-refractivity contribution in [3.05, 3.63) is 83.8 Å². The van der Waals surface area contributed by atoms with Gasteiger partial charge in [0.15, 0.2) is 0 Å². The molecule has 0 saturated carbocycles. The van der Waals surface area contributed by atoms with E-state index in [4.69, 9.17) is 0 Å². The first-order valence-corrected chi connectivity index (χ1v) is 8.18. The molecule has 5 nitrogen and oxygen atoms in total. The molecule has 1 aromatic heterocycles. The summed E-state index contributed by atoms with van der Waals surface area (Å²) in [5.74, 6) is 0.386. The molecule has 2 N–H and O–H groups in total. The fourth-order valence-electron chi connectivity index (χ4n) is 2.39. The summed E-state index contributed by atoms with van der Waals surface area (Å²) in [7, 11) is 0. The third-order valence-electron chi connectivity index (χ3n) is 3.77. The van der Waals surface area contributed by atoms with Crippen molar-refractivity contribution in [2.24, 2.45) is 0 Å². The van der Waals surface area contributed by atoms with Crippen LogP contribution in [0.5, 0.6) is 0 Å².